The predicted octanol–water partition coefficient (Wildman–Crippen LogP) is 3.58. The molecule has 0 aliphatic carbocycles. The third-order valence-electron chi connectivity index (χ3n) is 5.07. The first-order valence-electron chi connectivity index (χ1n) is 8.79. The van der Waals surface area contributed by atoms with Crippen LogP contribution in [0.4, 0.5) is 8.78 Å². The van der Waals surface area contributed by atoms with Crippen molar-refractivity contribution in [2.75, 3.05) is 5.75 Å². The van der Waals surface area contributed by atoms with Crippen molar-refractivity contribution in [1.82, 2.24) is 4.98 Å². The number of nitrogens with two attached hydrogens (primary N) is 1. The average Bonchev–Trinajstić information content (AvgIpc) is 3.01. The lowest BCUT2D eigenvalue weighted by molar-refractivity contribution is 0.561. The molecule has 0 amide bonds. The molecule has 4 rings (SSSR count). The number of amidine groups is 1. The topological polar surface area (TPSA) is 81.5 Å². The van der Waals surface area contributed by atoms with Crippen molar-refractivity contribution < 1.29 is 17.4 Å². The van der Waals surface area contributed by atoms with Gasteiger partial charge in [-0.05, 0) is 49.2 Å². The summed E-state index contributed by atoms with van der Waals surface area (Å²) in [4.78, 5) is 8.70. The largest absolute Gasteiger partial charge is 0.441 e. The summed E-state index contributed by atoms with van der Waals surface area (Å²) in [7, 11) is -1.44. The van der Waals surface area contributed by atoms with Gasteiger partial charge in [-0.3, -0.25) is 9.20 Å². The summed E-state index contributed by atoms with van der Waals surface area (Å²) < 4.78 is 45.3. The van der Waals surface area contributed by atoms with Crippen LogP contribution in [0.3, 0.4) is 0 Å². The van der Waals surface area contributed by atoms with Gasteiger partial charge in [-0.1, -0.05) is 6.07 Å². The second kappa shape index (κ2) is 6.77. The highest BCUT2D eigenvalue weighted by Gasteiger charge is 2.42. The van der Waals surface area contributed by atoms with E-state index < -0.39 is 33.2 Å². The first-order valence-corrected chi connectivity index (χ1v) is 10.1. The Balaban J connectivity index is 1.66. The molecule has 146 valence electrons. The number of oxazole rings is 1. The Kier molecular flexibility index (Phi) is 4.53. The van der Waals surface area contributed by atoms with Crippen LogP contribution in [0.15, 0.2) is 45.8 Å². The summed E-state index contributed by atoms with van der Waals surface area (Å²) in [6, 6.07) is 7.96. The maximum atomic E-state index is 14.1. The van der Waals surface area contributed by atoms with Gasteiger partial charge in [0.15, 0.2) is 11.5 Å². The van der Waals surface area contributed by atoms with E-state index in [-0.39, 0.29) is 17.2 Å². The standard InChI is InChI=1S/C20H19F2N3O2S/c1-11-24-16-7-12(3-6-18(16)27-11)9-20(2)19(23)25-17(10-28(20)26)14-8-13(21)4-5-15(14)22/h3-8,17H,9-10H2,1-2H3,(H2,23,25). The highest BCUT2D eigenvalue weighted by atomic mass is 32.2. The van der Waals surface area contributed by atoms with E-state index in [1.807, 2.05) is 18.2 Å². The Morgan fingerprint density at radius 2 is 2.07 bits per heavy atom. The molecule has 1 aliphatic heterocycles. The van der Waals surface area contributed by atoms with Crippen LogP contribution in [0.2, 0.25) is 0 Å². The molecular weight excluding hydrogens is 384 g/mol. The van der Waals surface area contributed by atoms with Gasteiger partial charge in [0, 0.05) is 23.3 Å². The minimum Gasteiger partial charge on any atom is -0.441 e. The van der Waals surface area contributed by atoms with Gasteiger partial charge in [0.05, 0.1) is 11.8 Å². The van der Waals surface area contributed by atoms with Gasteiger partial charge in [0.1, 0.15) is 27.7 Å². The minimum atomic E-state index is -1.44. The zero-order valence-electron chi connectivity index (χ0n) is 15.4. The molecule has 0 bridgehead atoms. The number of halogens is 2. The van der Waals surface area contributed by atoms with Crippen LogP contribution in [0.5, 0.6) is 0 Å². The lowest BCUT2D eigenvalue weighted by atomic mass is 9.98. The van der Waals surface area contributed by atoms with Gasteiger partial charge >= 0.3 is 0 Å². The summed E-state index contributed by atoms with van der Waals surface area (Å²) in [5.41, 5.74) is 8.55. The molecule has 0 saturated heterocycles. The second-order valence-corrected chi connectivity index (χ2v) is 9.08. The van der Waals surface area contributed by atoms with E-state index in [9.17, 15) is 13.0 Å². The second-order valence-electron chi connectivity index (χ2n) is 7.15. The van der Waals surface area contributed by atoms with E-state index in [1.54, 1.807) is 13.8 Å². The van der Waals surface area contributed by atoms with Crippen LogP contribution in [0.1, 0.15) is 30.0 Å². The molecule has 0 spiro atoms. The average molecular weight is 403 g/mol. The van der Waals surface area contributed by atoms with Crippen molar-refractivity contribution in [2.24, 2.45) is 10.7 Å². The van der Waals surface area contributed by atoms with Crippen LogP contribution in [-0.4, -0.2) is 25.5 Å². The number of aryl methyl sites for hydroxylation is 1. The Morgan fingerprint density at radius 3 is 2.82 bits per heavy atom. The maximum Gasteiger partial charge on any atom is 0.192 e. The van der Waals surface area contributed by atoms with E-state index >= 15 is 0 Å². The number of rotatable bonds is 3. The first-order chi connectivity index (χ1) is 13.3. The molecule has 2 aromatic carbocycles. The van der Waals surface area contributed by atoms with Gasteiger partial charge in [0.25, 0.3) is 0 Å². The molecule has 3 atom stereocenters. The molecule has 3 aromatic rings. The first kappa shape index (κ1) is 18.7. The highest BCUT2D eigenvalue weighted by molar-refractivity contribution is 7.87. The monoisotopic (exact) mass is 403 g/mol. The van der Waals surface area contributed by atoms with E-state index in [0.717, 1.165) is 29.3 Å². The molecule has 5 nitrogen and oxygen atoms in total. The molecule has 28 heavy (non-hydrogen) atoms. The number of fused-ring (bicyclic) bond motifs is 1. The number of hydrogen-bond donors (Lipinski definition) is 1. The van der Waals surface area contributed by atoms with E-state index in [1.165, 1.54) is 0 Å². The SMILES string of the molecule is Cc1nc2cc(CC3(C)C(N)=NC(c4cc(F)ccc4F)CS3=O)ccc2o1. The summed E-state index contributed by atoms with van der Waals surface area (Å²) in [6.45, 7) is 3.55. The zero-order valence-corrected chi connectivity index (χ0v) is 16.2. The number of nitrogens with zero attached hydrogens (tertiary/aromatic N) is 2. The Labute approximate surface area is 163 Å². The maximum absolute atomic E-state index is 14.1. The number of hydrogen-bond acceptors (Lipinski definition) is 5. The summed E-state index contributed by atoms with van der Waals surface area (Å²) in [5.74, 6) is -0.346. The smallest absolute Gasteiger partial charge is 0.192 e. The molecule has 0 radical (unpaired) electrons. The fourth-order valence-corrected chi connectivity index (χ4v) is 5.00. The summed E-state index contributed by atoms with van der Waals surface area (Å²) >= 11 is 0. The molecule has 3 unspecified atom stereocenters. The molecule has 1 aliphatic rings. The number of benzene rings is 2. The van der Waals surface area contributed by atoms with Crippen molar-refractivity contribution in [3.05, 3.63) is 65.1 Å². The third-order valence-corrected chi connectivity index (χ3v) is 7.04. The lowest BCUT2D eigenvalue weighted by Gasteiger charge is -2.34. The van der Waals surface area contributed by atoms with E-state index in [2.05, 4.69) is 9.98 Å². The summed E-state index contributed by atoms with van der Waals surface area (Å²) in [5, 5.41) is 0. The predicted molar refractivity (Wildman–Crippen MR) is 105 cm³/mol. The van der Waals surface area contributed by atoms with Crippen molar-refractivity contribution >= 4 is 27.7 Å². The highest BCUT2D eigenvalue weighted by Crippen LogP contribution is 2.33. The van der Waals surface area contributed by atoms with Gasteiger partial charge < -0.3 is 10.2 Å². The fraction of sp³-hybridized carbons (Fsp3) is 0.300. The Bertz CT molecular complexity index is 1130. The van der Waals surface area contributed by atoms with Gasteiger partial charge in [0.2, 0.25) is 0 Å². The lowest BCUT2D eigenvalue weighted by Crippen LogP contribution is -2.51. The molecule has 2 heterocycles. The van der Waals surface area contributed by atoms with Gasteiger partial charge in [-0.15, -0.1) is 0 Å². The van der Waals surface area contributed by atoms with E-state index in [4.69, 9.17) is 10.2 Å². The van der Waals surface area contributed by atoms with Gasteiger partial charge in [-0.2, -0.15) is 0 Å². The summed E-state index contributed by atoms with van der Waals surface area (Å²) in [6.07, 6.45) is 0.384. The normalized spacial score (nSPS) is 25.1. The molecule has 8 heteroatoms. The van der Waals surface area contributed by atoms with Crippen LogP contribution in [0, 0.1) is 18.6 Å². The fourth-order valence-electron chi connectivity index (χ4n) is 3.47. The van der Waals surface area contributed by atoms with Crippen molar-refractivity contribution in [2.45, 2.75) is 31.1 Å². The Morgan fingerprint density at radius 1 is 1.29 bits per heavy atom. The molecule has 0 fully saturated rings. The van der Waals surface area contributed by atoms with Crippen molar-refractivity contribution in [1.29, 1.82) is 0 Å². The third kappa shape index (κ3) is 3.22. The van der Waals surface area contributed by atoms with Crippen molar-refractivity contribution in [3.63, 3.8) is 0 Å². The molecular formula is C20H19F2N3O2S. The van der Waals surface area contributed by atoms with Crippen LogP contribution >= 0.6 is 0 Å². The van der Waals surface area contributed by atoms with Crippen LogP contribution < -0.4 is 5.73 Å². The number of aromatic nitrogens is 1. The molecule has 1 aromatic heterocycles. The number of aliphatic imine (C=N–C) groups is 1. The van der Waals surface area contributed by atoms with E-state index in [0.29, 0.717) is 17.9 Å². The van der Waals surface area contributed by atoms with Crippen LogP contribution in [0.25, 0.3) is 11.1 Å². The minimum absolute atomic E-state index is 0.0674. The molecule has 2 N–H and O–H groups in total. The Hall–Kier alpha value is -2.61. The quantitative estimate of drug-likeness (QED) is 0.725. The van der Waals surface area contributed by atoms with Gasteiger partial charge in [-0.25, -0.2) is 13.8 Å². The van der Waals surface area contributed by atoms with Crippen molar-refractivity contribution in [3.8, 4) is 0 Å². The van der Waals surface area contributed by atoms with Crippen LogP contribution in [-0.2, 0) is 17.2 Å². The molecule has 0 saturated carbocycles. The zero-order chi connectivity index (χ0) is 20.1.